The molecule has 0 aliphatic carbocycles. The van der Waals surface area contributed by atoms with Crippen molar-refractivity contribution in [1.82, 2.24) is 23.8 Å². The summed E-state index contributed by atoms with van der Waals surface area (Å²) in [5.41, 5.74) is 0. The van der Waals surface area contributed by atoms with Crippen LogP contribution in [0.4, 0.5) is 9.93 Å². The molecule has 1 atom stereocenters. The predicted molar refractivity (Wildman–Crippen MR) is 86.1 cm³/mol. The van der Waals surface area contributed by atoms with Crippen LogP contribution in [0.3, 0.4) is 0 Å². The van der Waals surface area contributed by atoms with Crippen molar-refractivity contribution >= 4 is 22.7 Å². The number of rotatable bonds is 3. The number of amides is 2. The van der Waals surface area contributed by atoms with Gasteiger partial charge in [-0.15, -0.1) is 0 Å². The largest absolute Gasteiger partial charge is 0.385 e. The van der Waals surface area contributed by atoms with Gasteiger partial charge in [-0.05, 0) is 25.7 Å². The van der Waals surface area contributed by atoms with Gasteiger partial charge in [0.05, 0.1) is 0 Å². The third kappa shape index (κ3) is 3.50. The van der Waals surface area contributed by atoms with Crippen molar-refractivity contribution in [3.63, 3.8) is 0 Å². The van der Waals surface area contributed by atoms with Gasteiger partial charge in [-0.2, -0.15) is 4.37 Å². The highest BCUT2D eigenvalue weighted by molar-refractivity contribution is 7.09. The molecule has 8 nitrogen and oxygen atoms in total. The smallest absolute Gasteiger partial charge is 0.323 e. The Balaban J connectivity index is 1.54. The lowest BCUT2D eigenvalue weighted by Gasteiger charge is -2.33. The highest BCUT2D eigenvalue weighted by Crippen LogP contribution is 2.29. The lowest BCUT2D eigenvalue weighted by atomic mass is 9.91. The third-order valence-corrected chi connectivity index (χ3v) is 4.86. The van der Waals surface area contributed by atoms with Crippen LogP contribution in [0.5, 0.6) is 0 Å². The number of hydrogen-bond donors (Lipinski definition) is 2. The van der Waals surface area contributed by atoms with Gasteiger partial charge in [0.1, 0.15) is 17.8 Å². The Morgan fingerprint density at radius 2 is 2.22 bits per heavy atom. The van der Waals surface area contributed by atoms with Gasteiger partial charge >= 0.3 is 6.03 Å². The fraction of sp³-hybridized carbons (Fsp3) is 0.571. The normalized spacial score (nSPS) is 17.3. The van der Waals surface area contributed by atoms with Gasteiger partial charge in [-0.25, -0.2) is 14.8 Å². The fourth-order valence-electron chi connectivity index (χ4n) is 2.81. The number of nitrogens with one attached hydrogen (secondary N) is 1. The Labute approximate surface area is 138 Å². The van der Waals surface area contributed by atoms with E-state index in [-0.39, 0.29) is 11.9 Å². The van der Waals surface area contributed by atoms with Gasteiger partial charge in [0.25, 0.3) is 0 Å². The van der Waals surface area contributed by atoms with Crippen LogP contribution in [0.15, 0.2) is 12.4 Å². The Hall–Kier alpha value is -2.00. The number of aliphatic hydroxyl groups is 1. The predicted octanol–water partition coefficient (Wildman–Crippen LogP) is 1.56. The average molecular weight is 336 g/mol. The minimum Gasteiger partial charge on any atom is -0.385 e. The second-order valence-electron chi connectivity index (χ2n) is 5.74. The molecule has 23 heavy (non-hydrogen) atoms. The van der Waals surface area contributed by atoms with Crippen LogP contribution in [0.2, 0.25) is 0 Å². The van der Waals surface area contributed by atoms with E-state index in [1.807, 2.05) is 17.8 Å². The number of anilines is 1. The van der Waals surface area contributed by atoms with E-state index in [1.165, 1.54) is 11.5 Å². The van der Waals surface area contributed by atoms with Crippen LogP contribution >= 0.6 is 11.5 Å². The molecule has 2 aromatic rings. The number of aromatic nitrogens is 4. The highest BCUT2D eigenvalue weighted by atomic mass is 32.1. The van der Waals surface area contributed by atoms with Crippen molar-refractivity contribution in [3.8, 4) is 0 Å². The summed E-state index contributed by atoms with van der Waals surface area (Å²) in [5, 5.41) is 13.7. The van der Waals surface area contributed by atoms with Gasteiger partial charge in [0.2, 0.25) is 5.13 Å². The summed E-state index contributed by atoms with van der Waals surface area (Å²) >= 11 is 1.18. The molecular weight excluding hydrogens is 316 g/mol. The molecule has 0 aromatic carbocycles. The van der Waals surface area contributed by atoms with Crippen LogP contribution in [0.1, 0.15) is 30.6 Å². The molecule has 3 heterocycles. The number of carbonyl (C=O) groups is 1. The van der Waals surface area contributed by atoms with Crippen molar-refractivity contribution in [2.75, 3.05) is 18.4 Å². The molecule has 0 spiro atoms. The van der Waals surface area contributed by atoms with Gasteiger partial charge in [-0.1, -0.05) is 0 Å². The van der Waals surface area contributed by atoms with E-state index in [4.69, 9.17) is 0 Å². The molecule has 3 rings (SSSR count). The first-order valence-electron chi connectivity index (χ1n) is 7.56. The molecule has 0 radical (unpaired) electrons. The van der Waals surface area contributed by atoms with E-state index in [0.29, 0.717) is 29.9 Å². The van der Waals surface area contributed by atoms with Crippen LogP contribution < -0.4 is 5.32 Å². The molecule has 124 valence electrons. The molecule has 2 N–H and O–H groups in total. The zero-order valence-corrected chi connectivity index (χ0v) is 14.0. The zero-order valence-electron chi connectivity index (χ0n) is 13.1. The summed E-state index contributed by atoms with van der Waals surface area (Å²) in [6.45, 7) is 3.00. The van der Waals surface area contributed by atoms with E-state index >= 15 is 0 Å². The van der Waals surface area contributed by atoms with E-state index in [9.17, 15) is 9.90 Å². The molecule has 0 bridgehead atoms. The van der Waals surface area contributed by atoms with Crippen LogP contribution in [-0.2, 0) is 7.05 Å². The Morgan fingerprint density at radius 3 is 2.78 bits per heavy atom. The van der Waals surface area contributed by atoms with E-state index < -0.39 is 6.10 Å². The maximum absolute atomic E-state index is 12.2. The molecule has 0 saturated carbocycles. The van der Waals surface area contributed by atoms with Gasteiger partial charge < -0.3 is 14.6 Å². The first-order valence-corrected chi connectivity index (χ1v) is 8.33. The van der Waals surface area contributed by atoms with Crippen LogP contribution in [0.25, 0.3) is 0 Å². The number of urea groups is 1. The number of carbonyl (C=O) groups excluding carboxylic acids is 1. The lowest BCUT2D eigenvalue weighted by molar-refractivity contribution is 0.0600. The molecule has 1 saturated heterocycles. The van der Waals surface area contributed by atoms with Gasteiger partial charge in [0.15, 0.2) is 0 Å². The van der Waals surface area contributed by atoms with Crippen LogP contribution in [-0.4, -0.2) is 48.0 Å². The zero-order chi connectivity index (χ0) is 16.4. The third-order valence-electron chi connectivity index (χ3n) is 4.14. The number of nitrogens with zero attached hydrogens (tertiary/aromatic N) is 5. The van der Waals surface area contributed by atoms with Crippen molar-refractivity contribution in [1.29, 1.82) is 0 Å². The number of likely N-dealkylation sites (tertiary alicyclic amines) is 1. The van der Waals surface area contributed by atoms with Crippen molar-refractivity contribution in [3.05, 3.63) is 24.0 Å². The number of aryl methyl sites for hydroxylation is 2. The summed E-state index contributed by atoms with van der Waals surface area (Å²) in [7, 11) is 1.87. The summed E-state index contributed by atoms with van der Waals surface area (Å²) in [5.74, 6) is 1.45. The SMILES string of the molecule is Cc1nsc(NC(=O)N2CCC(C(O)c3nccn3C)CC2)n1. The number of hydrogen-bond acceptors (Lipinski definition) is 6. The van der Waals surface area contributed by atoms with Gasteiger partial charge in [0, 0.05) is 44.1 Å². The molecule has 1 aliphatic heterocycles. The summed E-state index contributed by atoms with van der Waals surface area (Å²) in [6, 6.07) is -0.161. The number of aliphatic hydroxyl groups excluding tert-OH is 1. The van der Waals surface area contributed by atoms with Crippen molar-refractivity contribution in [2.45, 2.75) is 25.9 Å². The average Bonchev–Trinajstić information content (AvgIpc) is 3.15. The monoisotopic (exact) mass is 336 g/mol. The Morgan fingerprint density at radius 1 is 1.48 bits per heavy atom. The topological polar surface area (TPSA) is 96.2 Å². The number of imidazole rings is 1. The van der Waals surface area contributed by atoms with E-state index in [2.05, 4.69) is 19.7 Å². The molecule has 2 aromatic heterocycles. The molecule has 1 unspecified atom stereocenters. The fourth-order valence-corrected chi connectivity index (χ4v) is 3.37. The standard InChI is InChI=1S/C14H20N6O2S/c1-9-16-13(23-18-9)17-14(22)20-6-3-10(4-7-20)11(21)12-15-5-8-19(12)2/h5,8,10-11,21H,3-4,6-7H2,1-2H3,(H,16,17,18,22). The molecule has 2 amide bonds. The molecule has 1 fully saturated rings. The molecule has 9 heteroatoms. The maximum Gasteiger partial charge on any atom is 0.323 e. The highest BCUT2D eigenvalue weighted by Gasteiger charge is 2.30. The molecule has 1 aliphatic rings. The first kappa shape index (κ1) is 15.9. The quantitative estimate of drug-likeness (QED) is 0.887. The lowest BCUT2D eigenvalue weighted by Crippen LogP contribution is -2.42. The van der Waals surface area contributed by atoms with Crippen LogP contribution in [0, 0.1) is 12.8 Å². The van der Waals surface area contributed by atoms with Crippen molar-refractivity contribution < 1.29 is 9.90 Å². The maximum atomic E-state index is 12.2. The first-order chi connectivity index (χ1) is 11.0. The van der Waals surface area contributed by atoms with Crippen molar-refractivity contribution in [2.24, 2.45) is 13.0 Å². The summed E-state index contributed by atoms with van der Waals surface area (Å²) in [6.07, 6.45) is 4.41. The minimum absolute atomic E-state index is 0.115. The van der Waals surface area contributed by atoms with Gasteiger partial charge in [-0.3, -0.25) is 5.32 Å². The molecular formula is C14H20N6O2S. The number of piperidine rings is 1. The second kappa shape index (κ2) is 6.63. The summed E-state index contributed by atoms with van der Waals surface area (Å²) in [4.78, 5) is 22.3. The minimum atomic E-state index is -0.592. The van der Waals surface area contributed by atoms with E-state index in [1.54, 1.807) is 18.0 Å². The second-order valence-corrected chi connectivity index (χ2v) is 6.49. The Bertz CT molecular complexity index is 676. The summed E-state index contributed by atoms with van der Waals surface area (Å²) < 4.78 is 5.88. The Kier molecular flexibility index (Phi) is 4.58. The van der Waals surface area contributed by atoms with E-state index in [0.717, 1.165) is 12.8 Å².